The standard InChI is InChI=1S/C23H23ClN4O/c24-22-20-21(18-8-4-5-9-19(18)25-22)28(15-14-27-12-10-17(29)11-13-27)23(26-20)16-6-2-1-3-7-16/h1-9,17,29H,10-15H2. The van der Waals surface area contributed by atoms with Gasteiger partial charge in [-0.3, -0.25) is 0 Å². The van der Waals surface area contributed by atoms with E-state index in [1.165, 1.54) is 0 Å². The molecule has 0 aliphatic carbocycles. The lowest BCUT2D eigenvalue weighted by molar-refractivity contribution is 0.0812. The van der Waals surface area contributed by atoms with Crippen molar-refractivity contribution in [3.8, 4) is 11.4 Å². The minimum absolute atomic E-state index is 0.158. The highest BCUT2D eigenvalue weighted by molar-refractivity contribution is 6.35. The number of halogens is 1. The largest absolute Gasteiger partial charge is 0.393 e. The average Bonchev–Trinajstić information content (AvgIpc) is 3.15. The third kappa shape index (κ3) is 3.50. The molecule has 0 spiro atoms. The molecule has 4 aromatic rings. The highest BCUT2D eigenvalue weighted by Gasteiger charge is 2.21. The lowest BCUT2D eigenvalue weighted by Gasteiger charge is -2.29. The molecular weight excluding hydrogens is 384 g/mol. The van der Waals surface area contributed by atoms with Gasteiger partial charge in [0.05, 0.1) is 17.1 Å². The number of nitrogens with zero attached hydrogens (tertiary/aromatic N) is 4. The maximum absolute atomic E-state index is 9.80. The summed E-state index contributed by atoms with van der Waals surface area (Å²) in [7, 11) is 0. The van der Waals surface area contributed by atoms with Gasteiger partial charge < -0.3 is 14.6 Å². The van der Waals surface area contributed by atoms with Crippen molar-refractivity contribution < 1.29 is 5.11 Å². The van der Waals surface area contributed by atoms with Crippen molar-refractivity contribution in [1.29, 1.82) is 0 Å². The summed E-state index contributed by atoms with van der Waals surface area (Å²) >= 11 is 6.55. The summed E-state index contributed by atoms with van der Waals surface area (Å²) in [4.78, 5) is 11.9. The Morgan fingerprint density at radius 1 is 0.931 bits per heavy atom. The van der Waals surface area contributed by atoms with Crippen molar-refractivity contribution in [3.05, 3.63) is 59.8 Å². The zero-order valence-corrected chi connectivity index (χ0v) is 16.9. The zero-order chi connectivity index (χ0) is 19.8. The Morgan fingerprint density at radius 2 is 1.66 bits per heavy atom. The summed E-state index contributed by atoms with van der Waals surface area (Å²) in [6, 6.07) is 18.3. The normalized spacial score (nSPS) is 16.1. The molecule has 0 unspecified atom stereocenters. The molecular formula is C23H23ClN4O. The van der Waals surface area contributed by atoms with Crippen molar-refractivity contribution in [3.63, 3.8) is 0 Å². The Morgan fingerprint density at radius 3 is 2.45 bits per heavy atom. The van der Waals surface area contributed by atoms with E-state index in [-0.39, 0.29) is 6.10 Å². The molecule has 2 aromatic heterocycles. The van der Waals surface area contributed by atoms with E-state index in [0.717, 1.165) is 72.3 Å². The molecule has 148 valence electrons. The van der Waals surface area contributed by atoms with Gasteiger partial charge in [0.25, 0.3) is 0 Å². The highest BCUT2D eigenvalue weighted by atomic mass is 35.5. The van der Waals surface area contributed by atoms with Gasteiger partial charge in [-0.1, -0.05) is 60.1 Å². The van der Waals surface area contributed by atoms with Crippen LogP contribution in [0.5, 0.6) is 0 Å². The molecule has 0 bridgehead atoms. The molecule has 1 N–H and O–H groups in total. The third-order valence-corrected chi connectivity index (χ3v) is 6.03. The highest BCUT2D eigenvalue weighted by Crippen LogP contribution is 2.33. The number of piperidine rings is 1. The molecule has 2 aromatic carbocycles. The second-order valence-corrected chi connectivity index (χ2v) is 8.00. The number of benzene rings is 2. The molecule has 29 heavy (non-hydrogen) atoms. The van der Waals surface area contributed by atoms with E-state index < -0.39 is 0 Å². The average molecular weight is 407 g/mol. The number of aromatic nitrogens is 3. The second kappa shape index (κ2) is 7.75. The fraction of sp³-hybridized carbons (Fsp3) is 0.304. The van der Waals surface area contributed by atoms with E-state index in [1.807, 2.05) is 36.4 Å². The first-order valence-corrected chi connectivity index (χ1v) is 10.5. The van der Waals surface area contributed by atoms with Crippen LogP contribution in [0.2, 0.25) is 5.15 Å². The molecule has 0 radical (unpaired) electrons. The molecule has 3 heterocycles. The minimum Gasteiger partial charge on any atom is -0.393 e. The summed E-state index contributed by atoms with van der Waals surface area (Å²) < 4.78 is 2.28. The first-order chi connectivity index (χ1) is 14.2. The smallest absolute Gasteiger partial charge is 0.157 e. The number of hydrogen-bond donors (Lipinski definition) is 1. The van der Waals surface area contributed by atoms with Crippen molar-refractivity contribution in [2.24, 2.45) is 0 Å². The third-order valence-electron chi connectivity index (χ3n) is 5.77. The summed E-state index contributed by atoms with van der Waals surface area (Å²) in [6.07, 6.45) is 1.53. The number of pyridine rings is 1. The molecule has 0 amide bonds. The van der Waals surface area contributed by atoms with E-state index >= 15 is 0 Å². The Hall–Kier alpha value is -2.47. The monoisotopic (exact) mass is 406 g/mol. The lowest BCUT2D eigenvalue weighted by atomic mass is 10.1. The van der Waals surface area contributed by atoms with Crippen LogP contribution in [0.4, 0.5) is 0 Å². The molecule has 0 saturated carbocycles. The van der Waals surface area contributed by atoms with Crippen LogP contribution < -0.4 is 0 Å². The summed E-state index contributed by atoms with van der Waals surface area (Å²) in [6.45, 7) is 3.57. The fourth-order valence-corrected chi connectivity index (χ4v) is 4.43. The van der Waals surface area contributed by atoms with Crippen LogP contribution in [-0.4, -0.2) is 50.3 Å². The van der Waals surface area contributed by atoms with Gasteiger partial charge in [-0.15, -0.1) is 0 Å². The number of rotatable bonds is 4. The van der Waals surface area contributed by atoms with Crippen LogP contribution >= 0.6 is 11.6 Å². The van der Waals surface area contributed by atoms with Gasteiger partial charge in [0.2, 0.25) is 0 Å². The van der Waals surface area contributed by atoms with Gasteiger partial charge in [0, 0.05) is 37.1 Å². The van der Waals surface area contributed by atoms with Crippen LogP contribution in [0.15, 0.2) is 54.6 Å². The van der Waals surface area contributed by atoms with Crippen molar-refractivity contribution in [1.82, 2.24) is 19.4 Å². The fourth-order valence-electron chi connectivity index (χ4n) is 4.21. The van der Waals surface area contributed by atoms with E-state index in [1.54, 1.807) is 0 Å². The minimum atomic E-state index is -0.158. The van der Waals surface area contributed by atoms with Gasteiger partial charge in [0.1, 0.15) is 11.3 Å². The number of likely N-dealkylation sites (tertiary alicyclic amines) is 1. The first-order valence-electron chi connectivity index (χ1n) is 10.1. The number of fused-ring (bicyclic) bond motifs is 3. The van der Waals surface area contributed by atoms with Crippen LogP contribution in [0.3, 0.4) is 0 Å². The van der Waals surface area contributed by atoms with Gasteiger partial charge in [0.15, 0.2) is 5.15 Å². The van der Waals surface area contributed by atoms with Crippen LogP contribution in [0, 0.1) is 0 Å². The first kappa shape index (κ1) is 18.6. The number of hydrogen-bond acceptors (Lipinski definition) is 4. The van der Waals surface area contributed by atoms with Gasteiger partial charge >= 0.3 is 0 Å². The Bertz CT molecular complexity index is 1150. The molecule has 6 heteroatoms. The molecule has 0 atom stereocenters. The van der Waals surface area contributed by atoms with Crippen molar-refractivity contribution in [2.75, 3.05) is 19.6 Å². The molecule has 1 aliphatic heterocycles. The van der Waals surface area contributed by atoms with E-state index in [0.29, 0.717) is 5.15 Å². The zero-order valence-electron chi connectivity index (χ0n) is 16.1. The van der Waals surface area contributed by atoms with E-state index in [9.17, 15) is 5.11 Å². The number of aliphatic hydroxyl groups excluding tert-OH is 1. The number of para-hydroxylation sites is 1. The van der Waals surface area contributed by atoms with E-state index in [2.05, 4.69) is 32.7 Å². The van der Waals surface area contributed by atoms with Gasteiger partial charge in [-0.2, -0.15) is 0 Å². The Kier molecular flexibility index (Phi) is 4.96. The molecule has 1 saturated heterocycles. The topological polar surface area (TPSA) is 54.2 Å². The Balaban J connectivity index is 1.64. The van der Waals surface area contributed by atoms with Crippen LogP contribution in [0.25, 0.3) is 33.3 Å². The van der Waals surface area contributed by atoms with Crippen LogP contribution in [0.1, 0.15) is 12.8 Å². The van der Waals surface area contributed by atoms with Gasteiger partial charge in [-0.25, -0.2) is 9.97 Å². The number of aliphatic hydroxyl groups is 1. The predicted molar refractivity (Wildman–Crippen MR) is 117 cm³/mol. The second-order valence-electron chi connectivity index (χ2n) is 7.64. The van der Waals surface area contributed by atoms with Crippen molar-refractivity contribution >= 4 is 33.5 Å². The quantitative estimate of drug-likeness (QED) is 0.511. The van der Waals surface area contributed by atoms with Crippen LogP contribution in [-0.2, 0) is 6.54 Å². The van der Waals surface area contributed by atoms with Crippen molar-refractivity contribution in [2.45, 2.75) is 25.5 Å². The summed E-state index contributed by atoms with van der Waals surface area (Å²) in [5, 5.41) is 11.3. The maximum atomic E-state index is 9.80. The lowest BCUT2D eigenvalue weighted by Crippen LogP contribution is -2.37. The molecule has 5 nitrogen and oxygen atoms in total. The molecule has 5 rings (SSSR count). The molecule has 1 aliphatic rings. The SMILES string of the molecule is OC1CCN(CCn2c(-c3ccccc3)nc3c(Cl)nc4ccccc4c32)CC1. The maximum Gasteiger partial charge on any atom is 0.157 e. The van der Waals surface area contributed by atoms with Gasteiger partial charge in [-0.05, 0) is 18.9 Å². The van der Waals surface area contributed by atoms with E-state index in [4.69, 9.17) is 16.6 Å². The summed E-state index contributed by atoms with van der Waals surface area (Å²) in [5.41, 5.74) is 3.74. The molecule has 1 fully saturated rings. The predicted octanol–water partition coefficient (Wildman–Crippen LogP) is 4.36. The number of imidazole rings is 1. The summed E-state index contributed by atoms with van der Waals surface area (Å²) in [5.74, 6) is 0.915. The Labute approximate surface area is 174 Å².